The fourth-order valence-corrected chi connectivity index (χ4v) is 2.72. The summed E-state index contributed by atoms with van der Waals surface area (Å²) in [6, 6.07) is 8.27. The maximum absolute atomic E-state index is 11.8. The maximum atomic E-state index is 11.8. The van der Waals surface area contributed by atoms with E-state index < -0.39 is 0 Å². The second kappa shape index (κ2) is 9.18. The number of pyridine rings is 1. The number of benzene rings is 1. The minimum absolute atomic E-state index is 0.201. The summed E-state index contributed by atoms with van der Waals surface area (Å²) < 4.78 is 10.5. The summed E-state index contributed by atoms with van der Waals surface area (Å²) in [5.74, 6) is 0.298. The van der Waals surface area contributed by atoms with Gasteiger partial charge >= 0.3 is 5.97 Å². The summed E-state index contributed by atoms with van der Waals surface area (Å²) in [6.45, 7) is 7.99. The van der Waals surface area contributed by atoms with Gasteiger partial charge in [-0.2, -0.15) is 0 Å². The number of esters is 1. The molecule has 0 aliphatic heterocycles. The van der Waals surface area contributed by atoms with Gasteiger partial charge < -0.3 is 14.8 Å². The average molecular weight is 342 g/mol. The molecule has 0 bridgehead atoms. The minimum atomic E-state index is -0.253. The van der Waals surface area contributed by atoms with Crippen molar-refractivity contribution in [2.24, 2.45) is 0 Å². The van der Waals surface area contributed by atoms with Crippen LogP contribution < -0.4 is 10.1 Å². The molecule has 134 valence electrons. The maximum Gasteiger partial charge on any atom is 0.310 e. The molecule has 0 saturated heterocycles. The molecule has 0 amide bonds. The first-order chi connectivity index (χ1) is 12.1. The van der Waals surface area contributed by atoms with Crippen LogP contribution in [0.15, 0.2) is 30.5 Å². The second-order valence-corrected chi connectivity index (χ2v) is 5.82. The fraction of sp³-hybridized carbons (Fsp3) is 0.400. The van der Waals surface area contributed by atoms with E-state index in [1.165, 1.54) is 11.1 Å². The highest BCUT2D eigenvalue weighted by Gasteiger charge is 2.14. The number of rotatable bonds is 8. The highest BCUT2D eigenvalue weighted by atomic mass is 16.5. The highest BCUT2D eigenvalue weighted by Crippen LogP contribution is 2.32. The second-order valence-electron chi connectivity index (χ2n) is 5.82. The predicted molar refractivity (Wildman–Crippen MR) is 98.7 cm³/mol. The van der Waals surface area contributed by atoms with E-state index in [1.54, 1.807) is 20.2 Å². The van der Waals surface area contributed by atoms with E-state index in [2.05, 4.69) is 42.3 Å². The summed E-state index contributed by atoms with van der Waals surface area (Å²) in [6.07, 6.45) is 1.86. The quantitative estimate of drug-likeness (QED) is 0.746. The van der Waals surface area contributed by atoms with Crippen LogP contribution in [0.1, 0.15) is 30.5 Å². The van der Waals surface area contributed by atoms with Gasteiger partial charge in [0.25, 0.3) is 0 Å². The Kier molecular flexibility index (Phi) is 6.95. The fourth-order valence-electron chi connectivity index (χ4n) is 2.72. The summed E-state index contributed by atoms with van der Waals surface area (Å²) in [7, 11) is 1.61. The molecule has 5 heteroatoms. The third-order valence-corrected chi connectivity index (χ3v) is 3.87. The minimum Gasteiger partial charge on any atom is -0.481 e. The van der Waals surface area contributed by atoms with Gasteiger partial charge in [0.1, 0.15) is 0 Å². The third-order valence-electron chi connectivity index (χ3n) is 3.87. The van der Waals surface area contributed by atoms with Gasteiger partial charge in [-0.1, -0.05) is 30.7 Å². The zero-order valence-corrected chi connectivity index (χ0v) is 15.4. The van der Waals surface area contributed by atoms with Crippen molar-refractivity contribution in [2.45, 2.75) is 33.7 Å². The van der Waals surface area contributed by atoms with E-state index in [1.807, 2.05) is 6.07 Å². The van der Waals surface area contributed by atoms with Gasteiger partial charge in [0.05, 0.1) is 20.1 Å². The van der Waals surface area contributed by atoms with Crippen molar-refractivity contribution >= 4 is 5.97 Å². The van der Waals surface area contributed by atoms with Crippen molar-refractivity contribution in [2.75, 3.05) is 20.3 Å². The predicted octanol–water partition coefficient (Wildman–Crippen LogP) is 3.28. The lowest BCUT2D eigenvalue weighted by Crippen LogP contribution is -2.13. The van der Waals surface area contributed by atoms with Gasteiger partial charge in [0.15, 0.2) is 0 Å². The van der Waals surface area contributed by atoms with Crippen LogP contribution in [0, 0.1) is 6.92 Å². The van der Waals surface area contributed by atoms with E-state index in [0.717, 1.165) is 29.8 Å². The van der Waals surface area contributed by atoms with Gasteiger partial charge in [-0.3, -0.25) is 4.79 Å². The van der Waals surface area contributed by atoms with E-state index >= 15 is 0 Å². The van der Waals surface area contributed by atoms with Crippen molar-refractivity contribution in [3.8, 4) is 17.0 Å². The summed E-state index contributed by atoms with van der Waals surface area (Å²) in [5, 5.41) is 3.37. The van der Waals surface area contributed by atoms with Crippen molar-refractivity contribution in [3.63, 3.8) is 0 Å². The van der Waals surface area contributed by atoms with E-state index in [0.29, 0.717) is 12.5 Å². The first kappa shape index (κ1) is 18.9. The molecule has 0 saturated carbocycles. The molecular formula is C20H26N2O3. The Labute approximate surface area is 149 Å². The van der Waals surface area contributed by atoms with Gasteiger partial charge in [-0.15, -0.1) is 0 Å². The molecule has 0 radical (unpaired) electrons. The van der Waals surface area contributed by atoms with Crippen LogP contribution in [0.25, 0.3) is 11.1 Å². The molecule has 25 heavy (non-hydrogen) atoms. The van der Waals surface area contributed by atoms with E-state index in [-0.39, 0.29) is 12.4 Å². The topological polar surface area (TPSA) is 60.5 Å². The smallest absolute Gasteiger partial charge is 0.310 e. The van der Waals surface area contributed by atoms with Crippen LogP contribution in [0.4, 0.5) is 0 Å². The Balaban J connectivity index is 2.44. The molecule has 0 fully saturated rings. The Morgan fingerprint density at radius 3 is 2.68 bits per heavy atom. The van der Waals surface area contributed by atoms with Crippen molar-refractivity contribution in [3.05, 3.63) is 47.2 Å². The first-order valence-electron chi connectivity index (χ1n) is 8.58. The third kappa shape index (κ3) is 5.03. The van der Waals surface area contributed by atoms with Gasteiger partial charge in [0.2, 0.25) is 5.88 Å². The van der Waals surface area contributed by atoms with Crippen molar-refractivity contribution in [1.29, 1.82) is 0 Å². The van der Waals surface area contributed by atoms with Crippen LogP contribution in [0.3, 0.4) is 0 Å². The van der Waals surface area contributed by atoms with Gasteiger partial charge in [0, 0.05) is 18.3 Å². The molecule has 0 spiro atoms. The van der Waals surface area contributed by atoms with E-state index in [9.17, 15) is 4.79 Å². The molecule has 1 N–H and O–H groups in total. The summed E-state index contributed by atoms with van der Waals surface area (Å²) in [5.41, 5.74) is 5.13. The summed E-state index contributed by atoms with van der Waals surface area (Å²) >= 11 is 0. The first-order valence-corrected chi connectivity index (χ1v) is 8.58. The number of methoxy groups -OCH3 is 1. The number of nitrogens with one attached hydrogen (secondary N) is 1. The Bertz CT molecular complexity index is 729. The van der Waals surface area contributed by atoms with Crippen molar-refractivity contribution in [1.82, 2.24) is 10.3 Å². The lowest BCUT2D eigenvalue weighted by molar-refractivity contribution is -0.142. The van der Waals surface area contributed by atoms with Gasteiger partial charge in [-0.25, -0.2) is 4.98 Å². The van der Waals surface area contributed by atoms with E-state index in [4.69, 9.17) is 9.47 Å². The average Bonchev–Trinajstić information content (AvgIpc) is 2.60. The molecule has 1 heterocycles. The van der Waals surface area contributed by atoms with Crippen LogP contribution in [-0.2, 0) is 22.5 Å². The number of ether oxygens (including phenoxy) is 2. The molecule has 1 aromatic carbocycles. The summed E-state index contributed by atoms with van der Waals surface area (Å²) in [4.78, 5) is 16.2. The van der Waals surface area contributed by atoms with Gasteiger partial charge in [-0.05, 0) is 43.1 Å². The van der Waals surface area contributed by atoms with Crippen LogP contribution in [-0.4, -0.2) is 31.2 Å². The zero-order chi connectivity index (χ0) is 18.2. The normalized spacial score (nSPS) is 10.6. The standard InChI is InChI=1S/C20H26N2O3/c1-5-21-13-16-9-14(3)7-8-17(16)18-10-15(11-19(23)25-6-2)12-22-20(18)24-4/h7-10,12,21H,5-6,11,13H2,1-4H3. The lowest BCUT2D eigenvalue weighted by atomic mass is 9.97. The number of hydrogen-bond acceptors (Lipinski definition) is 5. The molecule has 0 atom stereocenters. The Morgan fingerprint density at radius 2 is 2.00 bits per heavy atom. The monoisotopic (exact) mass is 342 g/mol. The number of nitrogens with zero attached hydrogens (tertiary/aromatic N) is 1. The number of aryl methyl sites for hydroxylation is 1. The molecule has 5 nitrogen and oxygen atoms in total. The van der Waals surface area contributed by atoms with Crippen LogP contribution in [0.5, 0.6) is 5.88 Å². The van der Waals surface area contributed by atoms with Crippen LogP contribution >= 0.6 is 0 Å². The molecule has 0 aliphatic carbocycles. The molecule has 0 aliphatic rings. The SMILES string of the molecule is CCNCc1cc(C)ccc1-c1cc(CC(=O)OCC)cnc1OC. The molecule has 2 rings (SSSR count). The number of hydrogen-bond donors (Lipinski definition) is 1. The number of carbonyl (C=O) groups excluding carboxylic acids is 1. The lowest BCUT2D eigenvalue weighted by Gasteiger charge is -2.15. The number of aromatic nitrogens is 1. The zero-order valence-electron chi connectivity index (χ0n) is 15.4. The molecular weight excluding hydrogens is 316 g/mol. The molecule has 1 aromatic heterocycles. The van der Waals surface area contributed by atoms with Crippen LogP contribution in [0.2, 0.25) is 0 Å². The Morgan fingerprint density at radius 1 is 1.20 bits per heavy atom. The Hall–Kier alpha value is -2.40. The largest absolute Gasteiger partial charge is 0.481 e. The molecule has 0 unspecified atom stereocenters. The molecule has 2 aromatic rings. The van der Waals surface area contributed by atoms with Crippen molar-refractivity contribution < 1.29 is 14.3 Å². The highest BCUT2D eigenvalue weighted by molar-refractivity contribution is 5.76. The number of carbonyl (C=O) groups is 1.